The van der Waals surface area contributed by atoms with E-state index in [2.05, 4.69) is 10.6 Å². The number of carbonyl (C=O) groups is 1. The summed E-state index contributed by atoms with van der Waals surface area (Å²) < 4.78 is 5.29. The quantitative estimate of drug-likeness (QED) is 0.451. The predicted octanol–water partition coefficient (Wildman–Crippen LogP) is 2.32. The zero-order chi connectivity index (χ0) is 19.1. The van der Waals surface area contributed by atoms with Crippen LogP contribution in [0.1, 0.15) is 18.9 Å². The number of nitrogens with one attached hydrogen (secondary N) is 2. The standard InChI is InChI=1S/C20H26N4O2/c1-4-11-24-20(25)18(22)19(23-2)16-10-6-9-15(17(16)21)13-7-5-8-14(12-13)26-3/h5-10,12,23H,4,11,21-22H2,1-3H3,(H,24,25)/b19-18+. The lowest BCUT2D eigenvalue weighted by molar-refractivity contribution is -0.117. The van der Waals surface area contributed by atoms with Crippen molar-refractivity contribution in [2.24, 2.45) is 5.73 Å². The highest BCUT2D eigenvalue weighted by Gasteiger charge is 2.16. The minimum Gasteiger partial charge on any atom is -0.497 e. The van der Waals surface area contributed by atoms with Crippen molar-refractivity contribution in [1.82, 2.24) is 10.6 Å². The minimum atomic E-state index is -0.317. The molecule has 0 aliphatic heterocycles. The van der Waals surface area contributed by atoms with Crippen molar-refractivity contribution in [3.63, 3.8) is 0 Å². The van der Waals surface area contributed by atoms with E-state index in [-0.39, 0.29) is 11.6 Å². The first-order valence-electron chi connectivity index (χ1n) is 8.52. The number of rotatable bonds is 7. The number of hydrogen-bond donors (Lipinski definition) is 4. The summed E-state index contributed by atoms with van der Waals surface area (Å²) in [7, 11) is 3.34. The molecule has 0 bridgehead atoms. The van der Waals surface area contributed by atoms with Crippen LogP contribution in [0.25, 0.3) is 16.8 Å². The van der Waals surface area contributed by atoms with E-state index in [0.717, 1.165) is 23.3 Å². The van der Waals surface area contributed by atoms with Crippen molar-refractivity contribution in [2.75, 3.05) is 26.4 Å². The van der Waals surface area contributed by atoms with Gasteiger partial charge in [0.25, 0.3) is 5.91 Å². The zero-order valence-corrected chi connectivity index (χ0v) is 15.4. The molecule has 6 N–H and O–H groups in total. The normalized spacial score (nSPS) is 11.5. The number of nitrogen functional groups attached to an aromatic ring is 1. The summed E-state index contributed by atoms with van der Waals surface area (Å²) >= 11 is 0. The molecule has 0 fully saturated rings. The van der Waals surface area contributed by atoms with Gasteiger partial charge >= 0.3 is 0 Å². The zero-order valence-electron chi connectivity index (χ0n) is 15.4. The number of para-hydroxylation sites is 1. The molecule has 2 rings (SSSR count). The van der Waals surface area contributed by atoms with Crippen LogP contribution in [0.15, 0.2) is 48.2 Å². The SMILES string of the molecule is CCCNC(=O)/C(N)=C(\NC)c1cccc(-c2cccc(OC)c2)c1N. The second kappa shape index (κ2) is 8.80. The van der Waals surface area contributed by atoms with Crippen LogP contribution in [0.3, 0.4) is 0 Å². The van der Waals surface area contributed by atoms with Crippen molar-refractivity contribution in [3.05, 3.63) is 53.7 Å². The van der Waals surface area contributed by atoms with Crippen LogP contribution < -0.4 is 26.8 Å². The van der Waals surface area contributed by atoms with Gasteiger partial charge in [-0.2, -0.15) is 0 Å². The maximum Gasteiger partial charge on any atom is 0.269 e. The lowest BCUT2D eigenvalue weighted by Crippen LogP contribution is -2.32. The van der Waals surface area contributed by atoms with E-state index in [1.54, 1.807) is 14.2 Å². The molecule has 138 valence electrons. The Morgan fingerprint density at radius 1 is 1.19 bits per heavy atom. The highest BCUT2D eigenvalue weighted by atomic mass is 16.5. The Kier molecular flexibility index (Phi) is 6.49. The molecule has 0 heterocycles. The van der Waals surface area contributed by atoms with Crippen LogP contribution in [0.2, 0.25) is 0 Å². The van der Waals surface area contributed by atoms with Gasteiger partial charge in [0.05, 0.1) is 12.8 Å². The van der Waals surface area contributed by atoms with Gasteiger partial charge in [0.1, 0.15) is 11.4 Å². The van der Waals surface area contributed by atoms with Crippen LogP contribution in [0.4, 0.5) is 5.69 Å². The average molecular weight is 354 g/mol. The second-order valence-corrected chi connectivity index (χ2v) is 5.79. The van der Waals surface area contributed by atoms with Crippen LogP contribution >= 0.6 is 0 Å². The Labute approximate surface area is 154 Å². The fourth-order valence-electron chi connectivity index (χ4n) is 2.69. The highest BCUT2D eigenvalue weighted by molar-refractivity contribution is 6.02. The van der Waals surface area contributed by atoms with E-state index in [1.165, 1.54) is 0 Å². The Bertz CT molecular complexity index is 815. The van der Waals surface area contributed by atoms with Crippen molar-refractivity contribution in [3.8, 4) is 16.9 Å². The minimum absolute atomic E-state index is 0.107. The number of carbonyl (C=O) groups excluding carboxylic acids is 1. The van der Waals surface area contributed by atoms with Crippen molar-refractivity contribution in [1.29, 1.82) is 0 Å². The van der Waals surface area contributed by atoms with Crippen molar-refractivity contribution in [2.45, 2.75) is 13.3 Å². The van der Waals surface area contributed by atoms with E-state index in [0.29, 0.717) is 23.5 Å². The lowest BCUT2D eigenvalue weighted by Gasteiger charge is -2.16. The lowest BCUT2D eigenvalue weighted by atomic mass is 9.98. The third-order valence-electron chi connectivity index (χ3n) is 4.06. The molecule has 0 spiro atoms. The number of anilines is 1. The second-order valence-electron chi connectivity index (χ2n) is 5.79. The highest BCUT2D eigenvalue weighted by Crippen LogP contribution is 2.33. The van der Waals surface area contributed by atoms with Crippen LogP contribution in [0.5, 0.6) is 5.75 Å². The molecule has 6 heteroatoms. The molecular weight excluding hydrogens is 328 g/mol. The maximum atomic E-state index is 12.2. The van der Waals surface area contributed by atoms with E-state index < -0.39 is 0 Å². The largest absolute Gasteiger partial charge is 0.497 e. The summed E-state index contributed by atoms with van der Waals surface area (Å²) in [6.07, 6.45) is 0.835. The molecule has 6 nitrogen and oxygen atoms in total. The smallest absolute Gasteiger partial charge is 0.269 e. The summed E-state index contributed by atoms with van der Waals surface area (Å²) in [6, 6.07) is 13.3. The third kappa shape index (κ3) is 4.08. The fraction of sp³-hybridized carbons (Fsp3) is 0.250. The maximum absolute atomic E-state index is 12.2. The van der Waals surface area contributed by atoms with Gasteiger partial charge in [-0.05, 0) is 24.1 Å². The molecule has 0 atom stereocenters. The topological polar surface area (TPSA) is 102 Å². The Morgan fingerprint density at radius 3 is 2.58 bits per heavy atom. The van der Waals surface area contributed by atoms with Gasteiger partial charge in [0.15, 0.2) is 0 Å². The summed E-state index contributed by atoms with van der Waals surface area (Å²) in [6.45, 7) is 2.55. The average Bonchev–Trinajstić information content (AvgIpc) is 2.67. The van der Waals surface area contributed by atoms with Gasteiger partial charge in [-0.25, -0.2) is 0 Å². The number of ether oxygens (including phenoxy) is 1. The van der Waals surface area contributed by atoms with E-state index >= 15 is 0 Å². The number of hydrogen-bond acceptors (Lipinski definition) is 5. The third-order valence-corrected chi connectivity index (χ3v) is 4.06. The van der Waals surface area contributed by atoms with Crippen LogP contribution in [-0.4, -0.2) is 26.6 Å². The number of benzene rings is 2. The van der Waals surface area contributed by atoms with Gasteiger partial charge in [-0.15, -0.1) is 0 Å². The van der Waals surface area contributed by atoms with E-state index in [1.807, 2.05) is 49.4 Å². The van der Waals surface area contributed by atoms with E-state index in [9.17, 15) is 4.79 Å². The Balaban J connectivity index is 2.51. The van der Waals surface area contributed by atoms with Crippen LogP contribution in [-0.2, 0) is 4.79 Å². The first kappa shape index (κ1) is 19.2. The van der Waals surface area contributed by atoms with Gasteiger partial charge < -0.3 is 26.8 Å². The van der Waals surface area contributed by atoms with Gasteiger partial charge in [0, 0.05) is 30.4 Å². The van der Waals surface area contributed by atoms with Gasteiger partial charge in [-0.3, -0.25) is 4.79 Å². The van der Waals surface area contributed by atoms with Gasteiger partial charge in [-0.1, -0.05) is 37.3 Å². The molecule has 2 aromatic carbocycles. The summed E-state index contributed by atoms with van der Waals surface area (Å²) in [5.74, 6) is 0.428. The first-order chi connectivity index (χ1) is 12.5. The molecule has 0 aliphatic carbocycles. The molecular formula is C20H26N4O2. The number of nitrogens with two attached hydrogens (primary N) is 2. The molecule has 0 aliphatic rings. The van der Waals surface area contributed by atoms with Crippen molar-refractivity contribution >= 4 is 17.3 Å². The Morgan fingerprint density at radius 2 is 1.92 bits per heavy atom. The van der Waals surface area contributed by atoms with Crippen molar-refractivity contribution < 1.29 is 9.53 Å². The monoisotopic (exact) mass is 354 g/mol. The first-order valence-corrected chi connectivity index (χ1v) is 8.52. The molecule has 0 saturated carbocycles. The molecule has 2 aromatic rings. The molecule has 1 amide bonds. The molecule has 0 unspecified atom stereocenters. The molecule has 0 saturated heterocycles. The predicted molar refractivity (Wildman–Crippen MR) is 106 cm³/mol. The molecule has 0 radical (unpaired) electrons. The number of amides is 1. The van der Waals surface area contributed by atoms with E-state index in [4.69, 9.17) is 16.2 Å². The number of methoxy groups -OCH3 is 1. The molecule has 26 heavy (non-hydrogen) atoms. The fourth-order valence-corrected chi connectivity index (χ4v) is 2.69. The summed E-state index contributed by atoms with van der Waals surface area (Å²) in [5.41, 5.74) is 16.1. The Hall–Kier alpha value is -3.15. The summed E-state index contributed by atoms with van der Waals surface area (Å²) in [5, 5.41) is 5.78. The van der Waals surface area contributed by atoms with Gasteiger partial charge in [0.2, 0.25) is 0 Å². The van der Waals surface area contributed by atoms with Crippen LogP contribution in [0, 0.1) is 0 Å². The molecule has 0 aromatic heterocycles. The summed E-state index contributed by atoms with van der Waals surface area (Å²) in [4.78, 5) is 12.2.